The van der Waals surface area contributed by atoms with E-state index >= 15 is 0 Å². The Morgan fingerprint density at radius 3 is 2.33 bits per heavy atom. The SMILES string of the molecule is CS(=O)(=O)O.O=c1[nH]c2cc(Cl)c(Cl)cc2n1CCCO. The van der Waals surface area contributed by atoms with Gasteiger partial charge in [-0.1, -0.05) is 23.2 Å². The summed E-state index contributed by atoms with van der Waals surface area (Å²) in [6, 6.07) is 3.27. The highest BCUT2D eigenvalue weighted by Gasteiger charge is 2.09. The number of aryl methyl sites for hydroxylation is 1. The van der Waals surface area contributed by atoms with Crippen LogP contribution in [-0.4, -0.2) is 40.5 Å². The number of nitrogens with one attached hydrogen (secondary N) is 1. The van der Waals surface area contributed by atoms with Gasteiger partial charge in [-0.15, -0.1) is 0 Å². The Morgan fingerprint density at radius 1 is 1.29 bits per heavy atom. The molecule has 0 saturated heterocycles. The van der Waals surface area contributed by atoms with E-state index < -0.39 is 10.1 Å². The molecule has 1 heterocycles. The van der Waals surface area contributed by atoms with Gasteiger partial charge in [-0.05, 0) is 18.6 Å². The van der Waals surface area contributed by atoms with E-state index in [0.717, 1.165) is 0 Å². The van der Waals surface area contributed by atoms with Crippen LogP contribution in [0.1, 0.15) is 6.42 Å². The van der Waals surface area contributed by atoms with Crippen molar-refractivity contribution < 1.29 is 18.1 Å². The molecule has 0 unspecified atom stereocenters. The molecule has 0 aliphatic heterocycles. The Kier molecular flexibility index (Phi) is 6.24. The van der Waals surface area contributed by atoms with Crippen LogP contribution in [0.25, 0.3) is 11.0 Å². The molecule has 21 heavy (non-hydrogen) atoms. The molecule has 0 amide bonds. The number of aromatic nitrogens is 2. The predicted molar refractivity (Wildman–Crippen MR) is 81.8 cm³/mol. The smallest absolute Gasteiger partial charge is 0.326 e. The van der Waals surface area contributed by atoms with Crippen LogP contribution in [0.15, 0.2) is 16.9 Å². The van der Waals surface area contributed by atoms with Gasteiger partial charge in [0.1, 0.15) is 0 Å². The monoisotopic (exact) mass is 356 g/mol. The van der Waals surface area contributed by atoms with Gasteiger partial charge in [0.2, 0.25) is 0 Å². The van der Waals surface area contributed by atoms with E-state index in [9.17, 15) is 13.2 Å². The number of hydrogen-bond donors (Lipinski definition) is 3. The molecular formula is C11H14Cl2N2O5S. The highest BCUT2D eigenvalue weighted by Crippen LogP contribution is 2.26. The minimum absolute atomic E-state index is 0.0421. The zero-order valence-electron chi connectivity index (χ0n) is 11.0. The molecule has 10 heteroatoms. The molecule has 118 valence electrons. The quantitative estimate of drug-likeness (QED) is 0.721. The van der Waals surface area contributed by atoms with Crippen molar-refractivity contribution >= 4 is 44.4 Å². The second-order valence-corrected chi connectivity index (χ2v) is 6.46. The second-order valence-electron chi connectivity index (χ2n) is 4.18. The number of benzene rings is 1. The first kappa shape index (κ1) is 18.0. The number of imidazole rings is 1. The summed E-state index contributed by atoms with van der Waals surface area (Å²) in [6.45, 7) is 0.494. The zero-order valence-corrected chi connectivity index (χ0v) is 13.3. The van der Waals surface area contributed by atoms with Crippen LogP contribution in [0.4, 0.5) is 0 Å². The number of aliphatic hydroxyl groups excluding tert-OH is 1. The Morgan fingerprint density at radius 2 is 1.81 bits per heavy atom. The van der Waals surface area contributed by atoms with Gasteiger partial charge in [-0.3, -0.25) is 9.12 Å². The van der Waals surface area contributed by atoms with Crippen LogP contribution in [0.2, 0.25) is 10.0 Å². The maximum Gasteiger partial charge on any atom is 0.326 e. The second kappa shape index (κ2) is 7.28. The summed E-state index contributed by atoms with van der Waals surface area (Å²) in [5.41, 5.74) is 1.13. The summed E-state index contributed by atoms with van der Waals surface area (Å²) < 4.78 is 27.4. The van der Waals surface area contributed by atoms with Crippen LogP contribution < -0.4 is 5.69 Å². The van der Waals surface area contributed by atoms with Crippen molar-refractivity contribution in [2.75, 3.05) is 12.9 Å². The molecular weight excluding hydrogens is 343 g/mol. The van der Waals surface area contributed by atoms with Gasteiger partial charge >= 0.3 is 5.69 Å². The average molecular weight is 357 g/mol. The van der Waals surface area contributed by atoms with Crippen molar-refractivity contribution in [2.45, 2.75) is 13.0 Å². The minimum Gasteiger partial charge on any atom is -0.396 e. The number of H-pyrrole nitrogens is 1. The number of nitrogens with zero attached hydrogens (tertiary/aromatic N) is 1. The van der Waals surface area contributed by atoms with Gasteiger partial charge in [0.15, 0.2) is 0 Å². The van der Waals surface area contributed by atoms with Gasteiger partial charge in [0, 0.05) is 13.2 Å². The van der Waals surface area contributed by atoms with Crippen molar-refractivity contribution in [2.24, 2.45) is 0 Å². The molecule has 0 saturated carbocycles. The standard InChI is InChI=1S/C10H10Cl2N2O2.CH4O3S/c11-6-4-8-9(5-7(6)12)14(2-1-3-15)10(16)13-8;1-5(2,3)4/h4-5,15H,1-3H2,(H,13,16);1H3,(H,2,3,4). The lowest BCUT2D eigenvalue weighted by atomic mass is 10.3. The van der Waals surface area contributed by atoms with E-state index in [1.54, 1.807) is 12.1 Å². The summed E-state index contributed by atoms with van der Waals surface area (Å²) >= 11 is 11.7. The average Bonchev–Trinajstić information content (AvgIpc) is 2.61. The number of halogens is 2. The van der Waals surface area contributed by atoms with Gasteiger partial charge < -0.3 is 10.1 Å². The van der Waals surface area contributed by atoms with Gasteiger partial charge in [0.05, 0.1) is 27.3 Å². The van der Waals surface area contributed by atoms with Crippen LogP contribution in [0.3, 0.4) is 0 Å². The van der Waals surface area contributed by atoms with Gasteiger partial charge in [-0.2, -0.15) is 8.42 Å². The first-order valence-electron chi connectivity index (χ1n) is 5.74. The molecule has 1 aromatic carbocycles. The summed E-state index contributed by atoms with van der Waals surface area (Å²) in [7, 11) is -3.67. The van der Waals surface area contributed by atoms with Crippen molar-refractivity contribution in [3.05, 3.63) is 32.7 Å². The third-order valence-corrected chi connectivity index (χ3v) is 3.08. The molecule has 0 aliphatic carbocycles. The van der Waals surface area contributed by atoms with E-state index in [1.807, 2.05) is 0 Å². The minimum atomic E-state index is -3.67. The fourth-order valence-electron chi connectivity index (χ4n) is 1.60. The molecule has 1 aromatic heterocycles. The lowest BCUT2D eigenvalue weighted by Gasteiger charge is -2.02. The Balaban J connectivity index is 0.000000383. The van der Waals surface area contributed by atoms with Crippen LogP contribution in [0, 0.1) is 0 Å². The normalized spacial score (nSPS) is 11.3. The fourth-order valence-corrected chi connectivity index (χ4v) is 1.92. The van der Waals surface area contributed by atoms with Crippen LogP contribution in [0.5, 0.6) is 0 Å². The van der Waals surface area contributed by atoms with Crippen molar-refractivity contribution in [3.63, 3.8) is 0 Å². The summed E-state index contributed by atoms with van der Waals surface area (Å²) in [5.74, 6) is 0. The summed E-state index contributed by atoms with van der Waals surface area (Å²) in [4.78, 5) is 14.3. The van der Waals surface area contributed by atoms with Crippen molar-refractivity contribution in [3.8, 4) is 0 Å². The van der Waals surface area contributed by atoms with E-state index in [0.29, 0.717) is 40.3 Å². The first-order valence-corrected chi connectivity index (χ1v) is 8.34. The topological polar surface area (TPSA) is 112 Å². The maximum absolute atomic E-state index is 11.6. The van der Waals surface area contributed by atoms with Crippen molar-refractivity contribution in [1.29, 1.82) is 0 Å². The number of aliphatic hydroxyl groups is 1. The van der Waals surface area contributed by atoms with E-state index in [4.69, 9.17) is 32.9 Å². The molecule has 2 aromatic rings. The third kappa shape index (κ3) is 5.68. The lowest BCUT2D eigenvalue weighted by Crippen LogP contribution is -2.17. The number of rotatable bonds is 3. The number of aromatic amines is 1. The maximum atomic E-state index is 11.6. The Labute approximate surface area is 130 Å². The largest absolute Gasteiger partial charge is 0.396 e. The van der Waals surface area contributed by atoms with E-state index in [2.05, 4.69) is 4.98 Å². The van der Waals surface area contributed by atoms with Gasteiger partial charge in [-0.25, -0.2) is 4.79 Å². The highest BCUT2D eigenvalue weighted by atomic mass is 35.5. The Hall–Kier alpha value is -1.06. The molecule has 0 aliphatic rings. The highest BCUT2D eigenvalue weighted by molar-refractivity contribution is 7.85. The number of fused-ring (bicyclic) bond motifs is 1. The van der Waals surface area contributed by atoms with Crippen molar-refractivity contribution in [1.82, 2.24) is 9.55 Å². The lowest BCUT2D eigenvalue weighted by molar-refractivity contribution is 0.280. The molecule has 0 atom stereocenters. The van der Waals surface area contributed by atoms with Crippen LogP contribution in [-0.2, 0) is 16.7 Å². The number of hydrogen-bond acceptors (Lipinski definition) is 4. The molecule has 0 bridgehead atoms. The van der Waals surface area contributed by atoms with E-state index in [-0.39, 0.29) is 12.3 Å². The fraction of sp³-hybridized carbons (Fsp3) is 0.364. The van der Waals surface area contributed by atoms with Gasteiger partial charge in [0.25, 0.3) is 10.1 Å². The summed E-state index contributed by atoms with van der Waals surface area (Å²) in [5, 5.41) is 9.57. The molecule has 3 N–H and O–H groups in total. The molecule has 0 radical (unpaired) electrons. The zero-order chi connectivity index (χ0) is 16.2. The van der Waals surface area contributed by atoms with E-state index in [1.165, 1.54) is 4.57 Å². The molecule has 2 rings (SSSR count). The van der Waals surface area contributed by atoms with Crippen LogP contribution >= 0.6 is 23.2 Å². The Bertz CT molecular complexity index is 774. The molecule has 0 fully saturated rings. The predicted octanol–water partition coefficient (Wildman–Crippen LogP) is 1.52. The third-order valence-electron chi connectivity index (χ3n) is 2.36. The summed E-state index contributed by atoms with van der Waals surface area (Å²) in [6.07, 6.45) is 1.24. The first-order chi connectivity index (χ1) is 9.63. The molecule has 7 nitrogen and oxygen atoms in total. The molecule has 0 spiro atoms.